The summed E-state index contributed by atoms with van der Waals surface area (Å²) < 4.78 is 0. The molecule has 0 radical (unpaired) electrons. The Morgan fingerprint density at radius 2 is 0.756 bits per heavy atom. The van der Waals surface area contributed by atoms with Crippen molar-refractivity contribution in [2.45, 2.75) is 243 Å². The summed E-state index contributed by atoms with van der Waals surface area (Å²) in [4.78, 5) is 12.4. The molecule has 2 unspecified atom stereocenters. The van der Waals surface area contributed by atoms with Crippen LogP contribution in [0.3, 0.4) is 0 Å². The van der Waals surface area contributed by atoms with Crippen LogP contribution < -0.4 is 0 Å². The topological polar surface area (TPSA) is 38.7 Å². The molecule has 2 fully saturated rings. The average molecular weight is 1420 g/mol. The number of rotatable bonds is 10. The van der Waals surface area contributed by atoms with Crippen LogP contribution in [0.2, 0.25) is 0 Å². The maximum atomic E-state index is 4.19. The van der Waals surface area contributed by atoms with Gasteiger partial charge in [-0.1, -0.05) is 133 Å². The van der Waals surface area contributed by atoms with Crippen molar-refractivity contribution >= 4 is 34.3 Å². The van der Waals surface area contributed by atoms with Crippen molar-refractivity contribution in [2.24, 2.45) is 21.7 Å². The van der Waals surface area contributed by atoms with E-state index in [1.54, 1.807) is 44.3 Å². The van der Waals surface area contributed by atoms with Crippen LogP contribution in [0, 0.1) is 56.3 Å². The van der Waals surface area contributed by atoms with Crippen molar-refractivity contribution < 1.29 is 98.9 Å². The van der Waals surface area contributed by atoms with E-state index >= 15 is 0 Å². The maximum Gasteiger partial charge on any atom is 0.0886 e. The summed E-state index contributed by atoms with van der Waals surface area (Å²) in [7, 11) is 4.87. The Morgan fingerprint density at radius 1 is 0.436 bits per heavy atom. The first-order chi connectivity index (χ1) is 33.3. The van der Waals surface area contributed by atoms with E-state index in [4.69, 9.17) is 0 Å². The molecule has 3 nitrogen and oxygen atoms in total. The van der Waals surface area contributed by atoms with E-state index in [0.29, 0.717) is 32.0 Å². The van der Waals surface area contributed by atoms with Crippen LogP contribution in [0.4, 0.5) is 0 Å². The Labute approximate surface area is 556 Å². The van der Waals surface area contributed by atoms with Crippen molar-refractivity contribution in [1.82, 2.24) is 15.0 Å². The van der Waals surface area contributed by atoms with Crippen molar-refractivity contribution in [3.05, 3.63) is 114 Å². The molecule has 0 spiro atoms. The number of hydrogen-bond donors (Lipinski definition) is 0. The number of unbranched alkanes of at least 4 members (excludes halogenated alkanes) is 1. The molecule has 0 aliphatic heterocycles. The van der Waals surface area contributed by atoms with E-state index in [9.17, 15) is 0 Å². The van der Waals surface area contributed by atoms with Crippen LogP contribution >= 0.6 is 34.3 Å². The van der Waals surface area contributed by atoms with E-state index in [1.807, 2.05) is 54.6 Å². The van der Waals surface area contributed by atoms with E-state index in [1.165, 1.54) is 75.0 Å². The first kappa shape index (κ1) is 99.2. The van der Waals surface area contributed by atoms with Gasteiger partial charge < -0.3 is 34.6 Å². The van der Waals surface area contributed by atoms with Gasteiger partial charge in [0.1, 0.15) is 0 Å². The van der Waals surface area contributed by atoms with Gasteiger partial charge in [-0.05, 0) is 165 Å². The molecule has 5 rings (SSSR count). The molecule has 3 aromatic heterocycles. The van der Waals surface area contributed by atoms with Gasteiger partial charge in [0.25, 0.3) is 0 Å². The summed E-state index contributed by atoms with van der Waals surface area (Å²) in [5.41, 5.74) is 6.97. The molecule has 78 heavy (non-hydrogen) atoms. The largest absolute Gasteiger partial charge is 0.343 e. The molecule has 2 aliphatic carbocycles. The van der Waals surface area contributed by atoms with Crippen LogP contribution in [0.5, 0.6) is 0 Å². The number of aromatic nitrogens is 3. The Balaban J connectivity index is -0.000000102. The molecule has 13 heteroatoms. The zero-order valence-corrected chi connectivity index (χ0v) is 63.2. The summed E-state index contributed by atoms with van der Waals surface area (Å²) in [6, 6.07) is 17.4. The van der Waals surface area contributed by atoms with Gasteiger partial charge in [0, 0.05) is 137 Å². The van der Waals surface area contributed by atoms with Crippen molar-refractivity contribution in [3.8, 4) is 11.4 Å². The molecule has 3 heterocycles. The Kier molecular flexibility index (Phi) is 70.8. The summed E-state index contributed by atoms with van der Waals surface area (Å²) in [5.74, 6) is 0. The maximum absolute atomic E-state index is 4.19. The van der Waals surface area contributed by atoms with E-state index < -0.39 is 0 Å². The fraction of sp³-hybridized carbons (Fsp3) is 0.692. The van der Waals surface area contributed by atoms with Gasteiger partial charge in [0.05, 0.1) is 33.0 Å². The number of hydrogen-bond acceptors (Lipinski definition) is 3. The predicted octanol–water partition coefficient (Wildman–Crippen LogP) is 21.0. The molecular formula is C65H122N3Ni6P4-3. The number of nitrogens with zero attached hydrogens (tertiary/aromatic N) is 3. The smallest absolute Gasteiger partial charge is 0.0886 e. The van der Waals surface area contributed by atoms with Gasteiger partial charge in [-0.25, -0.2) is 0 Å². The molecule has 3 aromatic rings. The second-order valence-corrected chi connectivity index (χ2v) is 34.6. The third kappa shape index (κ3) is 52.5. The molecular weight excluding hydrogens is 1300 g/mol. The third-order valence-electron chi connectivity index (χ3n) is 14.5. The van der Waals surface area contributed by atoms with Crippen molar-refractivity contribution in [1.29, 1.82) is 0 Å². The first-order valence-corrected chi connectivity index (χ1v) is 33.4. The normalized spacial score (nSPS) is 13.4. The zero-order valence-electron chi connectivity index (χ0n) is 52.9. The molecule has 0 saturated heterocycles. The zero-order chi connectivity index (χ0) is 56.1. The van der Waals surface area contributed by atoms with Gasteiger partial charge in [-0.2, -0.15) is 12.8 Å². The van der Waals surface area contributed by atoms with Gasteiger partial charge in [-0.3, -0.25) is 15.0 Å². The van der Waals surface area contributed by atoms with Crippen LogP contribution in [0.15, 0.2) is 73.2 Å². The quantitative estimate of drug-likeness (QED) is 0.115. The van der Waals surface area contributed by atoms with Crippen LogP contribution in [-0.4, -0.2) is 61.2 Å². The van der Waals surface area contributed by atoms with Crippen LogP contribution in [0.25, 0.3) is 11.4 Å². The summed E-state index contributed by atoms with van der Waals surface area (Å²) >= 11 is 0. The van der Waals surface area contributed by atoms with Gasteiger partial charge >= 0.3 is 0 Å². The van der Waals surface area contributed by atoms with E-state index in [2.05, 4.69) is 193 Å². The molecule has 2 atom stereocenters. The standard InChI is InChI=1S/C15H28P.C10H8N2.C10H22P.2C8H18.C7H8N.C4H10P.C3H8P.6Ni/c1-2-13-16(14-9-5-3-6-10-14)15-11-7-4-8-12-15;1-3-7-11-9(5-1)10-6-2-4-8-12-10;1-8-11(9(2,3)4)10(5,6)7;2*1-7(2,3)8(4,5)6;1-2-7-5-3-4-6-8-7;1-2-3-4-5;1-2-3-4;;;;;;/h14-15H,1-13H2;1-8H;1,8H2,2-7H3;2*1-6H3;3-6H,1-2H2;1-5H2;1-4H2;;;;;;/q-1;;-1;;;3*-1;;;;;;/p+2. The minimum absolute atomic E-state index is 0. The minimum atomic E-state index is -0.326. The van der Waals surface area contributed by atoms with Crippen molar-refractivity contribution in [2.75, 3.05) is 24.6 Å². The molecule has 2 saturated carbocycles. The second kappa shape index (κ2) is 55.7. The molecule has 480 valence electrons. The van der Waals surface area contributed by atoms with Gasteiger partial charge in [0.2, 0.25) is 0 Å². The molecule has 2 aliphatic rings. The monoisotopic (exact) mass is 1420 g/mol. The second-order valence-electron chi connectivity index (χ2n) is 25.7. The predicted molar refractivity (Wildman–Crippen MR) is 347 cm³/mol. The fourth-order valence-corrected chi connectivity index (χ4v) is 15.7. The van der Waals surface area contributed by atoms with Crippen molar-refractivity contribution in [3.63, 3.8) is 0 Å². The Bertz CT molecular complexity index is 1510. The molecule has 0 aromatic carbocycles. The Morgan fingerprint density at radius 3 is 0.910 bits per heavy atom. The number of pyridine rings is 3. The third-order valence-corrected chi connectivity index (χ3v) is 23.6. The van der Waals surface area contributed by atoms with E-state index in [0.717, 1.165) is 48.7 Å². The minimum Gasteiger partial charge on any atom is -0.343 e. The van der Waals surface area contributed by atoms with E-state index in [-0.39, 0.29) is 115 Å². The summed E-state index contributed by atoms with van der Waals surface area (Å²) in [6.07, 6.45) is 31.1. The van der Waals surface area contributed by atoms with Gasteiger partial charge in [-0.15, -0.1) is 31.3 Å². The fourth-order valence-electron chi connectivity index (χ4n) is 7.49. The van der Waals surface area contributed by atoms with Crippen LogP contribution in [-0.2, 0) is 105 Å². The SMILES string of the molecule is CC(C)(C)C(C)(C)C.CC(C)(C)C(C)(C)C.[CH2-]CCCP.[CH2-]CCP.[CH2-]CC[PH+](C1CCCCC1)C1CCCCC1.[CH2-]C[PH+](C(C)(C)C)C(C)(C)C.[CH2-]Cc1ccccn1.[Ni].[Ni].[Ni].[Ni].[Ni].[Ni].c1ccc(-c2ccccn2)nc1. The Hall–Kier alpha value is 2.13. The van der Waals surface area contributed by atoms with Crippen LogP contribution in [0.1, 0.15) is 220 Å². The summed E-state index contributed by atoms with van der Waals surface area (Å²) in [5, 5.41) is 0.981. The molecule has 0 bridgehead atoms. The van der Waals surface area contributed by atoms with Gasteiger partial charge in [0.15, 0.2) is 0 Å². The molecule has 0 amide bonds. The average Bonchev–Trinajstić information content (AvgIpc) is 3.32. The first-order valence-electron chi connectivity index (χ1n) is 28.1. The molecule has 0 N–H and O–H groups in total. The summed E-state index contributed by atoms with van der Waals surface area (Å²) in [6.45, 7) is 60.5.